The molecule has 0 radical (unpaired) electrons. The lowest BCUT2D eigenvalue weighted by molar-refractivity contribution is -0.134. The van der Waals surface area contributed by atoms with E-state index in [0.29, 0.717) is 29.0 Å². The molecule has 23 heavy (non-hydrogen) atoms. The van der Waals surface area contributed by atoms with Crippen molar-refractivity contribution in [3.05, 3.63) is 24.5 Å². The number of aromatic nitrogens is 3. The standard InChI is InChI=1S/C16H20N4O2S/c1-11-5-3-6-12(2)20(11)14(21)10-23-16-19-18-15(22-16)13-7-4-8-17-9-13/h4,7-9,11-12H,3,5-6,10H2,1-2H3/t11-,12+. The Morgan fingerprint density at radius 1 is 1.35 bits per heavy atom. The predicted molar refractivity (Wildman–Crippen MR) is 87.9 cm³/mol. The average Bonchev–Trinajstić information content (AvgIpc) is 3.02. The molecule has 0 N–H and O–H groups in total. The molecule has 0 saturated carbocycles. The molecule has 2 aromatic rings. The summed E-state index contributed by atoms with van der Waals surface area (Å²) in [5, 5.41) is 8.41. The van der Waals surface area contributed by atoms with Crippen molar-refractivity contribution in [2.75, 3.05) is 5.75 Å². The summed E-state index contributed by atoms with van der Waals surface area (Å²) in [6.45, 7) is 4.23. The van der Waals surface area contributed by atoms with Gasteiger partial charge in [0.2, 0.25) is 11.8 Å². The number of carbonyl (C=O) groups excluding carboxylic acids is 1. The summed E-state index contributed by atoms with van der Waals surface area (Å²) >= 11 is 1.29. The Morgan fingerprint density at radius 2 is 2.13 bits per heavy atom. The first-order valence-corrected chi connectivity index (χ1v) is 8.81. The zero-order chi connectivity index (χ0) is 16.2. The molecule has 2 atom stereocenters. The molecular weight excluding hydrogens is 312 g/mol. The average molecular weight is 332 g/mol. The van der Waals surface area contributed by atoms with Crippen LogP contribution >= 0.6 is 11.8 Å². The molecular formula is C16H20N4O2S. The van der Waals surface area contributed by atoms with Crippen LogP contribution in [0.4, 0.5) is 0 Å². The first kappa shape index (κ1) is 16.0. The van der Waals surface area contributed by atoms with Crippen molar-refractivity contribution in [2.45, 2.75) is 50.4 Å². The van der Waals surface area contributed by atoms with E-state index in [1.165, 1.54) is 18.2 Å². The molecule has 1 amide bonds. The van der Waals surface area contributed by atoms with Gasteiger partial charge in [0.1, 0.15) is 0 Å². The van der Waals surface area contributed by atoms with Gasteiger partial charge < -0.3 is 9.32 Å². The number of thioether (sulfide) groups is 1. The summed E-state index contributed by atoms with van der Waals surface area (Å²) in [6, 6.07) is 4.28. The second-order valence-electron chi connectivity index (χ2n) is 5.83. The minimum absolute atomic E-state index is 0.135. The Labute approximate surface area is 139 Å². The summed E-state index contributed by atoms with van der Waals surface area (Å²) in [5.41, 5.74) is 0.774. The van der Waals surface area contributed by atoms with Crippen LogP contribution < -0.4 is 0 Å². The van der Waals surface area contributed by atoms with Crippen molar-refractivity contribution >= 4 is 17.7 Å². The maximum absolute atomic E-state index is 12.5. The van der Waals surface area contributed by atoms with Crippen molar-refractivity contribution in [1.29, 1.82) is 0 Å². The first-order valence-electron chi connectivity index (χ1n) is 7.83. The Morgan fingerprint density at radius 3 is 2.83 bits per heavy atom. The molecule has 1 saturated heterocycles. The number of amides is 1. The van der Waals surface area contributed by atoms with Gasteiger partial charge in [-0.15, -0.1) is 10.2 Å². The lowest BCUT2D eigenvalue weighted by atomic mass is 9.98. The topological polar surface area (TPSA) is 72.1 Å². The van der Waals surface area contributed by atoms with E-state index < -0.39 is 0 Å². The molecule has 122 valence electrons. The van der Waals surface area contributed by atoms with Crippen LogP contribution in [0.5, 0.6) is 0 Å². The van der Waals surface area contributed by atoms with Crippen LogP contribution in [0, 0.1) is 0 Å². The van der Waals surface area contributed by atoms with Crippen molar-refractivity contribution < 1.29 is 9.21 Å². The fourth-order valence-electron chi connectivity index (χ4n) is 2.98. The SMILES string of the molecule is C[C@@H]1CCC[C@H](C)N1C(=O)CSc1nnc(-c2cccnc2)o1. The molecule has 1 aliphatic heterocycles. The quantitative estimate of drug-likeness (QED) is 0.802. The molecule has 7 heteroatoms. The lowest BCUT2D eigenvalue weighted by Gasteiger charge is -2.39. The fourth-order valence-corrected chi connectivity index (χ4v) is 3.62. The Hall–Kier alpha value is -1.89. The van der Waals surface area contributed by atoms with E-state index in [0.717, 1.165) is 18.4 Å². The van der Waals surface area contributed by atoms with Gasteiger partial charge in [0, 0.05) is 24.5 Å². The normalized spacial score (nSPS) is 21.4. The minimum atomic E-state index is 0.135. The fraction of sp³-hybridized carbons (Fsp3) is 0.500. The van der Waals surface area contributed by atoms with Gasteiger partial charge in [-0.1, -0.05) is 11.8 Å². The second-order valence-corrected chi connectivity index (χ2v) is 6.76. The van der Waals surface area contributed by atoms with E-state index in [9.17, 15) is 4.79 Å². The van der Waals surface area contributed by atoms with Crippen LogP contribution in [0.1, 0.15) is 33.1 Å². The summed E-state index contributed by atoms with van der Waals surface area (Å²) < 4.78 is 5.59. The van der Waals surface area contributed by atoms with E-state index in [1.807, 2.05) is 17.0 Å². The van der Waals surface area contributed by atoms with Crippen LogP contribution in [0.2, 0.25) is 0 Å². The zero-order valence-corrected chi connectivity index (χ0v) is 14.1. The molecule has 6 nitrogen and oxygen atoms in total. The van der Waals surface area contributed by atoms with Crippen molar-refractivity contribution in [1.82, 2.24) is 20.1 Å². The highest BCUT2D eigenvalue weighted by Crippen LogP contribution is 2.26. The second kappa shape index (κ2) is 7.12. The number of nitrogens with zero attached hydrogens (tertiary/aromatic N) is 4. The lowest BCUT2D eigenvalue weighted by Crippen LogP contribution is -2.48. The molecule has 0 aliphatic carbocycles. The van der Waals surface area contributed by atoms with E-state index in [2.05, 4.69) is 29.0 Å². The zero-order valence-electron chi connectivity index (χ0n) is 13.3. The number of likely N-dealkylation sites (tertiary alicyclic amines) is 1. The highest BCUT2D eigenvalue weighted by molar-refractivity contribution is 7.99. The molecule has 1 aliphatic rings. The molecule has 0 aromatic carbocycles. The smallest absolute Gasteiger partial charge is 0.277 e. The van der Waals surface area contributed by atoms with Gasteiger partial charge in [-0.05, 0) is 45.2 Å². The monoisotopic (exact) mass is 332 g/mol. The Balaban J connectivity index is 1.60. The van der Waals surface area contributed by atoms with Crippen LogP contribution in [0.25, 0.3) is 11.5 Å². The third kappa shape index (κ3) is 3.72. The molecule has 1 fully saturated rings. The van der Waals surface area contributed by atoms with Gasteiger partial charge in [-0.3, -0.25) is 9.78 Å². The van der Waals surface area contributed by atoms with Gasteiger partial charge in [0.25, 0.3) is 5.22 Å². The van der Waals surface area contributed by atoms with E-state index in [4.69, 9.17) is 4.42 Å². The maximum Gasteiger partial charge on any atom is 0.277 e. The number of rotatable bonds is 4. The summed E-state index contributed by atoms with van der Waals surface area (Å²) in [7, 11) is 0. The molecule has 3 heterocycles. The number of hydrogen-bond donors (Lipinski definition) is 0. The van der Waals surface area contributed by atoms with E-state index >= 15 is 0 Å². The van der Waals surface area contributed by atoms with Crippen molar-refractivity contribution in [3.63, 3.8) is 0 Å². The maximum atomic E-state index is 12.5. The van der Waals surface area contributed by atoms with Crippen LogP contribution in [-0.2, 0) is 4.79 Å². The van der Waals surface area contributed by atoms with Crippen LogP contribution in [0.3, 0.4) is 0 Å². The first-order chi connectivity index (χ1) is 11.1. The summed E-state index contributed by atoms with van der Waals surface area (Å²) in [4.78, 5) is 18.5. The molecule has 2 aromatic heterocycles. The van der Waals surface area contributed by atoms with Crippen LogP contribution in [-0.4, -0.2) is 43.8 Å². The molecule has 3 rings (SSSR count). The number of carbonyl (C=O) groups is 1. The molecule has 0 bridgehead atoms. The van der Waals surface area contributed by atoms with E-state index in [-0.39, 0.29) is 5.91 Å². The van der Waals surface area contributed by atoms with E-state index in [1.54, 1.807) is 12.4 Å². The number of hydrogen-bond acceptors (Lipinski definition) is 6. The Bertz CT molecular complexity index is 651. The molecule has 0 unspecified atom stereocenters. The van der Waals surface area contributed by atoms with Gasteiger partial charge in [-0.2, -0.15) is 0 Å². The summed E-state index contributed by atoms with van der Waals surface area (Å²) in [6.07, 6.45) is 6.70. The third-order valence-corrected chi connectivity index (χ3v) is 4.92. The van der Waals surface area contributed by atoms with Crippen molar-refractivity contribution in [2.24, 2.45) is 0 Å². The minimum Gasteiger partial charge on any atom is -0.411 e. The Kier molecular flexibility index (Phi) is 4.95. The van der Waals surface area contributed by atoms with Crippen molar-refractivity contribution in [3.8, 4) is 11.5 Å². The highest BCUT2D eigenvalue weighted by Gasteiger charge is 2.29. The number of pyridine rings is 1. The highest BCUT2D eigenvalue weighted by atomic mass is 32.2. The van der Waals surface area contributed by atoms with Gasteiger partial charge in [0.05, 0.1) is 11.3 Å². The van der Waals surface area contributed by atoms with Crippen LogP contribution in [0.15, 0.2) is 34.2 Å². The van der Waals surface area contributed by atoms with Gasteiger partial charge >= 0.3 is 0 Å². The van der Waals surface area contributed by atoms with Gasteiger partial charge in [-0.25, -0.2) is 0 Å². The number of piperidine rings is 1. The third-order valence-electron chi connectivity index (χ3n) is 4.12. The molecule has 0 spiro atoms. The van der Waals surface area contributed by atoms with Gasteiger partial charge in [0.15, 0.2) is 0 Å². The largest absolute Gasteiger partial charge is 0.411 e. The predicted octanol–water partition coefficient (Wildman–Crippen LogP) is 3.01. The summed E-state index contributed by atoms with van der Waals surface area (Å²) in [5.74, 6) is 0.882.